The number of carbonyl (C=O) groups is 2. The SMILES string of the molecule is C=CCCN(C(=O)CSC(=S)OCC)C(C(=O)NC1CCCCC1)c1ccccc1. The summed E-state index contributed by atoms with van der Waals surface area (Å²) in [5.74, 6) is -0.129. The smallest absolute Gasteiger partial charge is 0.247 e. The molecule has 0 aliphatic heterocycles. The van der Waals surface area contributed by atoms with Crippen LogP contribution in [0.5, 0.6) is 0 Å². The Bertz CT molecular complexity index is 706. The molecule has 1 aromatic carbocycles. The van der Waals surface area contributed by atoms with Gasteiger partial charge in [0.1, 0.15) is 6.04 Å². The number of carbonyl (C=O) groups excluding carboxylic acids is 2. The second-order valence-electron chi connectivity index (χ2n) is 7.29. The lowest BCUT2D eigenvalue weighted by atomic mass is 9.94. The van der Waals surface area contributed by atoms with Gasteiger partial charge in [-0.15, -0.1) is 6.58 Å². The van der Waals surface area contributed by atoms with E-state index in [4.69, 9.17) is 17.0 Å². The van der Waals surface area contributed by atoms with Crippen LogP contribution >= 0.6 is 24.0 Å². The highest BCUT2D eigenvalue weighted by Crippen LogP contribution is 2.25. The number of hydrogen-bond donors (Lipinski definition) is 1. The van der Waals surface area contributed by atoms with Gasteiger partial charge < -0.3 is 15.0 Å². The molecular formula is C23H32N2O3S2. The molecule has 1 unspecified atom stereocenters. The van der Waals surface area contributed by atoms with Gasteiger partial charge in [-0.3, -0.25) is 9.59 Å². The molecule has 1 aromatic rings. The van der Waals surface area contributed by atoms with Gasteiger partial charge in [0, 0.05) is 12.6 Å². The molecule has 164 valence electrons. The van der Waals surface area contributed by atoms with E-state index in [0.717, 1.165) is 31.2 Å². The summed E-state index contributed by atoms with van der Waals surface area (Å²) in [5.41, 5.74) is 0.806. The number of benzene rings is 1. The van der Waals surface area contributed by atoms with E-state index in [9.17, 15) is 9.59 Å². The Balaban J connectivity index is 2.22. The molecule has 1 fully saturated rings. The molecular weight excluding hydrogens is 416 g/mol. The summed E-state index contributed by atoms with van der Waals surface area (Å²) in [6.07, 6.45) is 7.83. The van der Waals surface area contributed by atoms with Gasteiger partial charge >= 0.3 is 0 Å². The molecule has 5 nitrogen and oxygen atoms in total. The maximum absolute atomic E-state index is 13.4. The summed E-state index contributed by atoms with van der Waals surface area (Å²) < 4.78 is 5.62. The Morgan fingerprint density at radius 1 is 1.30 bits per heavy atom. The van der Waals surface area contributed by atoms with Gasteiger partial charge in [-0.05, 0) is 44.0 Å². The average Bonchev–Trinajstić information content (AvgIpc) is 2.76. The lowest BCUT2D eigenvalue weighted by Gasteiger charge is -2.33. The Labute approximate surface area is 189 Å². The van der Waals surface area contributed by atoms with Crippen molar-refractivity contribution < 1.29 is 14.3 Å². The third-order valence-electron chi connectivity index (χ3n) is 5.10. The first kappa shape index (κ1) is 24.4. The van der Waals surface area contributed by atoms with E-state index in [-0.39, 0.29) is 23.6 Å². The highest BCUT2D eigenvalue weighted by molar-refractivity contribution is 8.23. The summed E-state index contributed by atoms with van der Waals surface area (Å²) in [4.78, 5) is 28.2. The molecule has 0 saturated heterocycles. The van der Waals surface area contributed by atoms with E-state index in [1.165, 1.54) is 18.2 Å². The van der Waals surface area contributed by atoms with Crippen molar-refractivity contribution in [3.8, 4) is 0 Å². The van der Waals surface area contributed by atoms with Crippen LogP contribution in [0.1, 0.15) is 57.1 Å². The highest BCUT2D eigenvalue weighted by Gasteiger charge is 2.32. The van der Waals surface area contributed by atoms with Crippen LogP contribution in [0, 0.1) is 0 Å². The Hall–Kier alpha value is -1.86. The average molecular weight is 449 g/mol. The molecule has 1 saturated carbocycles. The van der Waals surface area contributed by atoms with Crippen molar-refractivity contribution in [1.29, 1.82) is 0 Å². The van der Waals surface area contributed by atoms with Gasteiger partial charge in [-0.1, -0.05) is 67.4 Å². The van der Waals surface area contributed by atoms with Crippen molar-refractivity contribution in [2.45, 2.75) is 57.5 Å². The molecule has 0 radical (unpaired) electrons. The molecule has 2 amide bonds. The fraction of sp³-hybridized carbons (Fsp3) is 0.522. The zero-order valence-corrected chi connectivity index (χ0v) is 19.3. The fourth-order valence-electron chi connectivity index (χ4n) is 3.63. The Morgan fingerprint density at radius 3 is 2.63 bits per heavy atom. The second-order valence-corrected chi connectivity index (χ2v) is 8.87. The zero-order chi connectivity index (χ0) is 21.8. The van der Waals surface area contributed by atoms with Crippen LogP contribution in [0.4, 0.5) is 0 Å². The maximum Gasteiger partial charge on any atom is 0.247 e. The van der Waals surface area contributed by atoms with Gasteiger partial charge in [-0.25, -0.2) is 0 Å². The first-order chi connectivity index (χ1) is 14.6. The third-order valence-corrected chi connectivity index (χ3v) is 6.31. The molecule has 1 atom stereocenters. The monoisotopic (exact) mass is 448 g/mol. The molecule has 7 heteroatoms. The van der Waals surface area contributed by atoms with E-state index < -0.39 is 6.04 Å². The fourth-order valence-corrected chi connectivity index (χ4v) is 4.53. The number of amides is 2. The molecule has 1 N–H and O–H groups in total. The number of thiocarbonyl (C=S) groups is 1. The summed E-state index contributed by atoms with van der Waals surface area (Å²) >= 11 is 6.33. The number of hydrogen-bond acceptors (Lipinski definition) is 5. The molecule has 0 aromatic heterocycles. The minimum absolute atomic E-state index is 0.122. The van der Waals surface area contributed by atoms with Crippen molar-refractivity contribution in [1.82, 2.24) is 10.2 Å². The van der Waals surface area contributed by atoms with Crippen LogP contribution in [-0.4, -0.2) is 46.0 Å². The Kier molecular flexibility index (Phi) is 10.9. The number of ether oxygens (including phenoxy) is 1. The topological polar surface area (TPSA) is 58.6 Å². The molecule has 0 heterocycles. The number of rotatable bonds is 10. The lowest BCUT2D eigenvalue weighted by molar-refractivity contribution is -0.139. The van der Waals surface area contributed by atoms with Gasteiger partial charge in [0.25, 0.3) is 0 Å². The molecule has 0 bridgehead atoms. The number of thioether (sulfide) groups is 1. The van der Waals surface area contributed by atoms with E-state index in [2.05, 4.69) is 11.9 Å². The predicted octanol–water partition coefficient (Wildman–Crippen LogP) is 4.64. The molecule has 30 heavy (non-hydrogen) atoms. The third kappa shape index (κ3) is 7.76. The minimum Gasteiger partial charge on any atom is -0.479 e. The van der Waals surface area contributed by atoms with E-state index >= 15 is 0 Å². The summed E-state index contributed by atoms with van der Waals surface area (Å²) in [6, 6.07) is 8.99. The van der Waals surface area contributed by atoms with Crippen LogP contribution in [0.3, 0.4) is 0 Å². The van der Waals surface area contributed by atoms with E-state index in [1.54, 1.807) is 11.0 Å². The molecule has 1 aliphatic rings. The van der Waals surface area contributed by atoms with Crippen molar-refractivity contribution in [3.05, 3.63) is 48.6 Å². The van der Waals surface area contributed by atoms with Crippen molar-refractivity contribution in [2.75, 3.05) is 18.9 Å². The predicted molar refractivity (Wildman–Crippen MR) is 127 cm³/mol. The highest BCUT2D eigenvalue weighted by atomic mass is 32.2. The normalized spacial score (nSPS) is 15.1. The Morgan fingerprint density at radius 2 is 2.00 bits per heavy atom. The number of nitrogens with one attached hydrogen (secondary N) is 1. The first-order valence-corrected chi connectivity index (χ1v) is 12.0. The van der Waals surface area contributed by atoms with Crippen LogP contribution in [0.25, 0.3) is 0 Å². The molecule has 0 spiro atoms. The largest absolute Gasteiger partial charge is 0.479 e. The van der Waals surface area contributed by atoms with Crippen LogP contribution in [0.2, 0.25) is 0 Å². The van der Waals surface area contributed by atoms with Gasteiger partial charge in [-0.2, -0.15) is 0 Å². The van der Waals surface area contributed by atoms with Gasteiger partial charge in [0.2, 0.25) is 16.2 Å². The van der Waals surface area contributed by atoms with Crippen LogP contribution in [0.15, 0.2) is 43.0 Å². The van der Waals surface area contributed by atoms with Gasteiger partial charge in [0.05, 0.1) is 12.4 Å². The van der Waals surface area contributed by atoms with Crippen molar-refractivity contribution in [2.24, 2.45) is 0 Å². The zero-order valence-electron chi connectivity index (χ0n) is 17.7. The molecule has 2 rings (SSSR count). The minimum atomic E-state index is -0.679. The van der Waals surface area contributed by atoms with E-state index in [0.29, 0.717) is 24.0 Å². The molecule has 1 aliphatic carbocycles. The number of nitrogens with zero attached hydrogens (tertiary/aromatic N) is 1. The van der Waals surface area contributed by atoms with Crippen LogP contribution < -0.4 is 5.32 Å². The summed E-state index contributed by atoms with van der Waals surface area (Å²) in [7, 11) is 0. The summed E-state index contributed by atoms with van der Waals surface area (Å²) in [6.45, 7) is 6.52. The van der Waals surface area contributed by atoms with Crippen molar-refractivity contribution in [3.63, 3.8) is 0 Å². The van der Waals surface area contributed by atoms with Crippen molar-refractivity contribution >= 4 is 40.2 Å². The standard InChI is InChI=1S/C23H32N2O3S2/c1-3-5-16-25(20(26)17-30-23(29)28-4-2)21(18-12-8-6-9-13-18)22(27)24-19-14-10-7-11-15-19/h3,6,8-9,12-13,19,21H,1,4-5,7,10-11,14-17H2,2H3,(H,24,27). The summed E-state index contributed by atoms with van der Waals surface area (Å²) in [5, 5.41) is 3.20. The lowest BCUT2D eigenvalue weighted by Crippen LogP contribution is -2.47. The van der Waals surface area contributed by atoms with Crippen LogP contribution in [-0.2, 0) is 14.3 Å². The van der Waals surface area contributed by atoms with E-state index in [1.807, 2.05) is 37.3 Å². The first-order valence-electron chi connectivity index (χ1n) is 10.6. The van der Waals surface area contributed by atoms with Gasteiger partial charge in [0.15, 0.2) is 0 Å². The maximum atomic E-state index is 13.4. The quantitative estimate of drug-likeness (QED) is 0.418. The second kappa shape index (κ2) is 13.4.